The van der Waals surface area contributed by atoms with Crippen LogP contribution in [0.3, 0.4) is 0 Å². The Labute approximate surface area is 157 Å². The summed E-state index contributed by atoms with van der Waals surface area (Å²) in [6.07, 6.45) is 5.90. The van der Waals surface area contributed by atoms with Crippen LogP contribution in [-0.2, 0) is 19.0 Å². The first-order chi connectivity index (χ1) is 12.3. The molecule has 0 amide bonds. The molecular weight excluding hydrogens is 355 g/mol. The van der Waals surface area contributed by atoms with Crippen molar-refractivity contribution in [2.75, 3.05) is 28.4 Å². The molecule has 0 aliphatic rings. The summed E-state index contributed by atoms with van der Waals surface area (Å²) >= 11 is 0. The lowest BCUT2D eigenvalue weighted by atomic mass is 9.79. The van der Waals surface area contributed by atoms with Crippen LogP contribution < -0.4 is 14.0 Å². The first-order valence-electron chi connectivity index (χ1n) is 8.94. The average molecular weight is 388 g/mol. The van der Waals surface area contributed by atoms with Gasteiger partial charge in [-0.1, -0.05) is 46.5 Å². The van der Waals surface area contributed by atoms with Gasteiger partial charge < -0.3 is 14.0 Å². The van der Waals surface area contributed by atoms with Crippen molar-refractivity contribution < 1.29 is 27.6 Å². The number of ether oxygens (including phenoxy) is 2. The zero-order valence-corrected chi connectivity index (χ0v) is 18.0. The number of unbranched alkanes of at least 4 members (excludes halogenated alkanes) is 3. The Kier molecular flexibility index (Phi) is 8.94. The van der Waals surface area contributed by atoms with Crippen LogP contribution in [0.5, 0.6) is 17.2 Å². The second-order valence-electron chi connectivity index (χ2n) is 6.81. The Morgan fingerprint density at radius 3 is 1.88 bits per heavy atom. The molecule has 7 heteroatoms. The van der Waals surface area contributed by atoms with Gasteiger partial charge in [0.25, 0.3) is 0 Å². The SMILES string of the molecule is CCCCCCC(C)(C)c1cc(OC)c(OP(=O)(OC)OC)c(OC)c1. The van der Waals surface area contributed by atoms with Gasteiger partial charge in [0.2, 0.25) is 5.75 Å². The molecule has 0 aromatic heterocycles. The summed E-state index contributed by atoms with van der Waals surface area (Å²) in [5.41, 5.74) is 1.01. The van der Waals surface area contributed by atoms with Crippen LogP contribution in [0.1, 0.15) is 58.4 Å². The van der Waals surface area contributed by atoms with Gasteiger partial charge in [0.15, 0.2) is 11.5 Å². The second kappa shape index (κ2) is 10.2. The predicted molar refractivity (Wildman–Crippen MR) is 104 cm³/mol. The smallest absolute Gasteiger partial charge is 0.493 e. The van der Waals surface area contributed by atoms with Gasteiger partial charge in [0, 0.05) is 14.2 Å². The van der Waals surface area contributed by atoms with Gasteiger partial charge in [-0.15, -0.1) is 0 Å². The van der Waals surface area contributed by atoms with Crippen LogP contribution >= 0.6 is 7.82 Å². The highest BCUT2D eigenvalue weighted by atomic mass is 31.2. The normalized spacial score (nSPS) is 12.1. The highest BCUT2D eigenvalue weighted by Crippen LogP contribution is 2.54. The van der Waals surface area contributed by atoms with Gasteiger partial charge >= 0.3 is 7.82 Å². The fourth-order valence-corrected chi connectivity index (χ4v) is 3.46. The summed E-state index contributed by atoms with van der Waals surface area (Å²) in [7, 11) is 1.86. The largest absolute Gasteiger partial charge is 0.529 e. The van der Waals surface area contributed by atoms with Crippen molar-refractivity contribution in [1.29, 1.82) is 0 Å². The first-order valence-corrected chi connectivity index (χ1v) is 10.4. The van der Waals surface area contributed by atoms with Gasteiger partial charge in [-0.3, -0.25) is 9.05 Å². The van der Waals surface area contributed by atoms with Crippen LogP contribution in [0.4, 0.5) is 0 Å². The minimum absolute atomic E-state index is 0.0565. The van der Waals surface area contributed by atoms with E-state index in [2.05, 4.69) is 20.8 Å². The van der Waals surface area contributed by atoms with Gasteiger partial charge in [0.1, 0.15) is 0 Å². The molecule has 6 nitrogen and oxygen atoms in total. The van der Waals surface area contributed by atoms with Crippen LogP contribution in [0.2, 0.25) is 0 Å². The number of phosphoric ester groups is 1. The summed E-state index contributed by atoms with van der Waals surface area (Å²) in [6.45, 7) is 6.60. The minimum Gasteiger partial charge on any atom is -0.493 e. The third kappa shape index (κ3) is 5.90. The quantitative estimate of drug-likeness (QED) is 0.336. The highest BCUT2D eigenvalue weighted by Gasteiger charge is 2.31. The van der Waals surface area contributed by atoms with E-state index in [4.69, 9.17) is 23.0 Å². The van der Waals surface area contributed by atoms with E-state index in [0.29, 0.717) is 11.5 Å². The topological polar surface area (TPSA) is 63.2 Å². The molecular formula is C19H33O6P. The van der Waals surface area contributed by atoms with Gasteiger partial charge in [-0.2, -0.15) is 0 Å². The zero-order chi connectivity index (χ0) is 19.8. The Bertz CT molecular complexity index is 581. The third-order valence-corrected chi connectivity index (χ3v) is 5.85. The molecule has 0 aliphatic carbocycles. The molecule has 0 bridgehead atoms. The van der Waals surface area contributed by atoms with Gasteiger partial charge in [-0.25, -0.2) is 4.57 Å². The molecule has 0 fully saturated rings. The van der Waals surface area contributed by atoms with Crippen molar-refractivity contribution in [3.8, 4) is 17.2 Å². The second-order valence-corrected chi connectivity index (χ2v) is 8.62. The summed E-state index contributed by atoms with van der Waals surface area (Å²) in [5, 5.41) is 0. The first kappa shape index (κ1) is 22.8. The van der Waals surface area contributed by atoms with Crippen molar-refractivity contribution in [2.45, 2.75) is 58.3 Å². The molecule has 0 heterocycles. The van der Waals surface area contributed by atoms with E-state index < -0.39 is 7.82 Å². The molecule has 1 rings (SSSR count). The minimum atomic E-state index is -3.72. The molecule has 1 aromatic rings. The Balaban J connectivity index is 3.20. The summed E-state index contributed by atoms with van der Waals surface area (Å²) in [5.74, 6) is 1.05. The summed E-state index contributed by atoms with van der Waals surface area (Å²) in [6, 6.07) is 3.79. The van der Waals surface area contributed by atoms with Crippen molar-refractivity contribution in [3.05, 3.63) is 17.7 Å². The Morgan fingerprint density at radius 1 is 0.923 bits per heavy atom. The number of hydrogen-bond donors (Lipinski definition) is 0. The average Bonchev–Trinajstić information content (AvgIpc) is 2.64. The fraction of sp³-hybridized carbons (Fsp3) is 0.684. The molecule has 0 saturated heterocycles. The van der Waals surface area contributed by atoms with Crippen molar-refractivity contribution in [1.82, 2.24) is 0 Å². The molecule has 0 spiro atoms. The lowest BCUT2D eigenvalue weighted by Crippen LogP contribution is -2.17. The highest BCUT2D eigenvalue weighted by molar-refractivity contribution is 7.48. The molecule has 0 radical (unpaired) electrons. The predicted octanol–water partition coefficient (Wildman–Crippen LogP) is 5.73. The molecule has 0 N–H and O–H groups in total. The molecule has 26 heavy (non-hydrogen) atoms. The maximum atomic E-state index is 12.4. The molecule has 1 aromatic carbocycles. The third-order valence-electron chi connectivity index (χ3n) is 4.55. The Hall–Kier alpha value is -1.23. The summed E-state index contributed by atoms with van der Waals surface area (Å²) < 4.78 is 38.5. The monoisotopic (exact) mass is 388 g/mol. The number of rotatable bonds is 12. The standard InChI is InChI=1S/C19H33O6P/c1-8-9-10-11-12-19(2,3)15-13-16(21-4)18(17(14-15)22-5)25-26(20,23-6)24-7/h13-14H,8-12H2,1-7H3. The van der Waals surface area contributed by atoms with Crippen LogP contribution in [-0.4, -0.2) is 28.4 Å². The van der Waals surface area contributed by atoms with E-state index in [9.17, 15) is 4.57 Å². The van der Waals surface area contributed by atoms with Crippen molar-refractivity contribution in [2.24, 2.45) is 0 Å². The van der Waals surface area contributed by atoms with E-state index in [1.807, 2.05) is 12.1 Å². The molecule has 0 aliphatic heterocycles. The fourth-order valence-electron chi connectivity index (χ4n) is 2.76. The molecule has 0 atom stereocenters. The van der Waals surface area contributed by atoms with Crippen molar-refractivity contribution in [3.63, 3.8) is 0 Å². The molecule has 0 unspecified atom stereocenters. The van der Waals surface area contributed by atoms with E-state index in [1.165, 1.54) is 47.7 Å². The Morgan fingerprint density at radius 2 is 1.46 bits per heavy atom. The lowest BCUT2D eigenvalue weighted by molar-refractivity contribution is 0.205. The maximum Gasteiger partial charge on any atom is 0.529 e. The van der Waals surface area contributed by atoms with Gasteiger partial charge in [0.05, 0.1) is 14.2 Å². The molecule has 0 saturated carbocycles. The van der Waals surface area contributed by atoms with E-state index in [0.717, 1.165) is 18.4 Å². The lowest BCUT2D eigenvalue weighted by Gasteiger charge is -2.27. The number of benzene rings is 1. The molecule has 150 valence electrons. The van der Waals surface area contributed by atoms with Crippen LogP contribution in [0.15, 0.2) is 12.1 Å². The number of methoxy groups -OCH3 is 2. The van der Waals surface area contributed by atoms with E-state index in [-0.39, 0.29) is 11.2 Å². The summed E-state index contributed by atoms with van der Waals surface area (Å²) in [4.78, 5) is 0. The van der Waals surface area contributed by atoms with E-state index in [1.54, 1.807) is 0 Å². The van der Waals surface area contributed by atoms with Crippen LogP contribution in [0, 0.1) is 0 Å². The van der Waals surface area contributed by atoms with E-state index >= 15 is 0 Å². The van der Waals surface area contributed by atoms with Gasteiger partial charge in [-0.05, 0) is 29.5 Å². The van der Waals surface area contributed by atoms with Crippen molar-refractivity contribution >= 4 is 7.82 Å². The number of hydrogen-bond acceptors (Lipinski definition) is 6. The zero-order valence-electron chi connectivity index (χ0n) is 17.1. The number of phosphoric acid groups is 1. The van der Waals surface area contributed by atoms with Crippen LogP contribution in [0.25, 0.3) is 0 Å². The maximum absolute atomic E-state index is 12.4.